The van der Waals surface area contributed by atoms with Gasteiger partial charge in [0.15, 0.2) is 0 Å². The SMILES string of the molecule is CC(C)(N)c1ccc(F)c(Br)c1.Cl. The highest BCUT2D eigenvalue weighted by Gasteiger charge is 2.14. The van der Waals surface area contributed by atoms with Crippen molar-refractivity contribution < 1.29 is 4.39 Å². The fourth-order valence-corrected chi connectivity index (χ4v) is 1.28. The zero-order valence-electron chi connectivity index (χ0n) is 7.47. The van der Waals surface area contributed by atoms with E-state index in [2.05, 4.69) is 15.9 Å². The van der Waals surface area contributed by atoms with Gasteiger partial charge >= 0.3 is 0 Å². The van der Waals surface area contributed by atoms with Gasteiger partial charge in [0.25, 0.3) is 0 Å². The average molecular weight is 269 g/mol. The summed E-state index contributed by atoms with van der Waals surface area (Å²) in [6.45, 7) is 3.76. The number of benzene rings is 1. The summed E-state index contributed by atoms with van der Waals surface area (Å²) in [5, 5.41) is 0. The van der Waals surface area contributed by atoms with E-state index in [0.717, 1.165) is 5.56 Å². The molecule has 13 heavy (non-hydrogen) atoms. The van der Waals surface area contributed by atoms with Gasteiger partial charge in [0.05, 0.1) is 4.47 Å². The lowest BCUT2D eigenvalue weighted by atomic mass is 9.96. The molecule has 0 saturated heterocycles. The highest BCUT2D eigenvalue weighted by Crippen LogP contribution is 2.23. The fourth-order valence-electron chi connectivity index (χ4n) is 0.897. The standard InChI is InChI=1S/C9H11BrFN.ClH/c1-9(2,12)6-3-4-8(11)7(10)5-6;/h3-5H,12H2,1-2H3;1H. The maximum atomic E-state index is 12.8. The van der Waals surface area contributed by atoms with Gasteiger partial charge in [0.2, 0.25) is 0 Å². The van der Waals surface area contributed by atoms with Gasteiger partial charge in [-0.05, 0) is 47.5 Å². The van der Waals surface area contributed by atoms with Crippen LogP contribution in [0.3, 0.4) is 0 Å². The molecular formula is C9H12BrClFN. The molecule has 0 aliphatic carbocycles. The molecule has 0 fully saturated rings. The predicted octanol–water partition coefficient (Wildman–Crippen LogP) is 3.20. The first-order valence-corrected chi connectivity index (χ1v) is 4.45. The molecule has 0 spiro atoms. The van der Waals surface area contributed by atoms with E-state index in [0.29, 0.717) is 4.47 Å². The third-order valence-corrected chi connectivity index (χ3v) is 2.27. The summed E-state index contributed by atoms with van der Waals surface area (Å²) in [4.78, 5) is 0. The first-order valence-electron chi connectivity index (χ1n) is 3.65. The van der Waals surface area contributed by atoms with Crippen molar-refractivity contribution in [2.24, 2.45) is 5.73 Å². The molecule has 0 aliphatic rings. The first kappa shape index (κ1) is 12.9. The normalized spacial score (nSPS) is 10.8. The van der Waals surface area contributed by atoms with Gasteiger partial charge in [-0.1, -0.05) is 6.07 Å². The van der Waals surface area contributed by atoms with Crippen LogP contribution in [0.5, 0.6) is 0 Å². The molecule has 0 atom stereocenters. The Labute approximate surface area is 92.1 Å². The van der Waals surface area contributed by atoms with Gasteiger partial charge in [0.1, 0.15) is 5.82 Å². The minimum absolute atomic E-state index is 0. The predicted molar refractivity (Wildman–Crippen MR) is 58.6 cm³/mol. The second kappa shape index (κ2) is 4.40. The van der Waals surface area contributed by atoms with Crippen LogP contribution >= 0.6 is 28.3 Å². The van der Waals surface area contributed by atoms with Crippen molar-refractivity contribution in [3.05, 3.63) is 34.1 Å². The number of halogens is 3. The Morgan fingerprint density at radius 2 is 1.92 bits per heavy atom. The summed E-state index contributed by atoms with van der Waals surface area (Å²) in [5.74, 6) is -0.261. The van der Waals surface area contributed by atoms with Crippen molar-refractivity contribution in [1.82, 2.24) is 0 Å². The Morgan fingerprint density at radius 1 is 1.38 bits per heavy atom. The molecule has 1 aromatic rings. The Balaban J connectivity index is 0.00000144. The Morgan fingerprint density at radius 3 is 2.31 bits per heavy atom. The summed E-state index contributed by atoms with van der Waals surface area (Å²) in [6.07, 6.45) is 0. The summed E-state index contributed by atoms with van der Waals surface area (Å²) in [6, 6.07) is 4.81. The van der Waals surface area contributed by atoms with Gasteiger partial charge in [-0.25, -0.2) is 4.39 Å². The second-order valence-electron chi connectivity index (χ2n) is 3.35. The molecule has 1 rings (SSSR count). The third-order valence-electron chi connectivity index (χ3n) is 1.66. The van der Waals surface area contributed by atoms with Crippen molar-refractivity contribution in [3.63, 3.8) is 0 Å². The minimum Gasteiger partial charge on any atom is -0.322 e. The largest absolute Gasteiger partial charge is 0.322 e. The van der Waals surface area contributed by atoms with Crippen LogP contribution < -0.4 is 5.73 Å². The summed E-state index contributed by atoms with van der Waals surface area (Å²) < 4.78 is 13.3. The summed E-state index contributed by atoms with van der Waals surface area (Å²) in [5.41, 5.74) is 6.32. The summed E-state index contributed by atoms with van der Waals surface area (Å²) >= 11 is 3.11. The van der Waals surface area contributed by atoms with Gasteiger partial charge in [-0.2, -0.15) is 0 Å². The molecule has 1 aromatic carbocycles. The molecule has 0 bridgehead atoms. The van der Waals surface area contributed by atoms with Crippen molar-refractivity contribution >= 4 is 28.3 Å². The van der Waals surface area contributed by atoms with E-state index in [4.69, 9.17) is 5.73 Å². The number of nitrogens with two attached hydrogens (primary N) is 1. The maximum Gasteiger partial charge on any atom is 0.137 e. The van der Waals surface area contributed by atoms with Gasteiger partial charge in [-0.3, -0.25) is 0 Å². The minimum atomic E-state index is -0.420. The van der Waals surface area contributed by atoms with Crippen molar-refractivity contribution in [1.29, 1.82) is 0 Å². The van der Waals surface area contributed by atoms with E-state index in [-0.39, 0.29) is 18.2 Å². The van der Waals surface area contributed by atoms with Crippen molar-refractivity contribution in [3.8, 4) is 0 Å². The van der Waals surface area contributed by atoms with Gasteiger partial charge in [0, 0.05) is 5.54 Å². The molecule has 0 radical (unpaired) electrons. The monoisotopic (exact) mass is 267 g/mol. The number of rotatable bonds is 1. The molecule has 0 aliphatic heterocycles. The summed E-state index contributed by atoms with van der Waals surface area (Å²) in [7, 11) is 0. The van der Waals surface area contributed by atoms with E-state index in [1.54, 1.807) is 12.1 Å². The van der Waals surface area contributed by atoms with Crippen LogP contribution in [0.4, 0.5) is 4.39 Å². The van der Waals surface area contributed by atoms with Crippen LogP contribution in [0.1, 0.15) is 19.4 Å². The highest BCUT2D eigenvalue weighted by atomic mass is 79.9. The van der Waals surface area contributed by atoms with Crippen LogP contribution in [0.15, 0.2) is 22.7 Å². The molecule has 0 saturated carbocycles. The van der Waals surface area contributed by atoms with Crippen molar-refractivity contribution in [2.75, 3.05) is 0 Å². The average Bonchev–Trinajstić information content (AvgIpc) is 1.92. The first-order chi connectivity index (χ1) is 5.41. The second-order valence-corrected chi connectivity index (χ2v) is 4.20. The molecule has 0 heterocycles. The van der Waals surface area contributed by atoms with Crippen LogP contribution in [-0.4, -0.2) is 0 Å². The third kappa shape index (κ3) is 3.25. The molecule has 2 N–H and O–H groups in total. The van der Waals surface area contributed by atoms with Crippen LogP contribution in [0, 0.1) is 5.82 Å². The topological polar surface area (TPSA) is 26.0 Å². The van der Waals surface area contributed by atoms with E-state index in [9.17, 15) is 4.39 Å². The van der Waals surface area contributed by atoms with Crippen LogP contribution in [0.25, 0.3) is 0 Å². The molecule has 4 heteroatoms. The zero-order valence-corrected chi connectivity index (χ0v) is 9.88. The molecule has 0 amide bonds. The number of hydrogen-bond donors (Lipinski definition) is 1. The fraction of sp³-hybridized carbons (Fsp3) is 0.333. The zero-order chi connectivity index (χ0) is 9.35. The van der Waals surface area contributed by atoms with E-state index in [1.165, 1.54) is 6.07 Å². The van der Waals surface area contributed by atoms with Gasteiger partial charge < -0.3 is 5.73 Å². The molecule has 0 unspecified atom stereocenters. The molecular weight excluding hydrogens is 256 g/mol. The Hall–Kier alpha value is -0.120. The van der Waals surface area contributed by atoms with Crippen LogP contribution in [0.2, 0.25) is 0 Å². The van der Waals surface area contributed by atoms with Crippen LogP contribution in [-0.2, 0) is 5.54 Å². The highest BCUT2D eigenvalue weighted by molar-refractivity contribution is 9.10. The quantitative estimate of drug-likeness (QED) is 0.831. The lowest BCUT2D eigenvalue weighted by Crippen LogP contribution is -2.28. The lowest BCUT2D eigenvalue weighted by molar-refractivity contribution is 0.549. The van der Waals surface area contributed by atoms with Gasteiger partial charge in [-0.15, -0.1) is 12.4 Å². The smallest absolute Gasteiger partial charge is 0.137 e. The Kier molecular flexibility index (Phi) is 4.36. The van der Waals surface area contributed by atoms with E-state index < -0.39 is 5.54 Å². The van der Waals surface area contributed by atoms with E-state index in [1.807, 2.05) is 13.8 Å². The molecule has 0 aromatic heterocycles. The Bertz CT molecular complexity index is 296. The van der Waals surface area contributed by atoms with E-state index >= 15 is 0 Å². The lowest BCUT2D eigenvalue weighted by Gasteiger charge is -2.19. The molecule has 74 valence electrons. The maximum absolute atomic E-state index is 12.8. The molecule has 1 nitrogen and oxygen atoms in total. The van der Waals surface area contributed by atoms with Crippen molar-refractivity contribution in [2.45, 2.75) is 19.4 Å². The number of hydrogen-bond acceptors (Lipinski definition) is 1.